The molecule has 2 rings (SSSR count). The maximum atomic E-state index is 13.4. The van der Waals surface area contributed by atoms with Crippen molar-refractivity contribution in [3.8, 4) is 5.75 Å². The van der Waals surface area contributed by atoms with Crippen molar-refractivity contribution in [3.63, 3.8) is 0 Å². The molecule has 0 radical (unpaired) electrons. The lowest BCUT2D eigenvalue weighted by molar-refractivity contribution is 0.477. The van der Waals surface area contributed by atoms with E-state index in [0.717, 1.165) is 0 Å². The number of para-hydroxylation sites is 2. The highest BCUT2D eigenvalue weighted by Gasteiger charge is 2.25. The number of anilines is 1. The van der Waals surface area contributed by atoms with Crippen molar-refractivity contribution >= 4 is 15.7 Å². The molecule has 0 amide bonds. The van der Waals surface area contributed by atoms with Gasteiger partial charge in [0.05, 0.1) is 5.69 Å². The summed E-state index contributed by atoms with van der Waals surface area (Å²) >= 11 is 0. The summed E-state index contributed by atoms with van der Waals surface area (Å²) in [6.07, 6.45) is 0. The van der Waals surface area contributed by atoms with Gasteiger partial charge in [-0.2, -0.15) is 0 Å². The Kier molecular flexibility index (Phi) is 3.58. The van der Waals surface area contributed by atoms with E-state index in [9.17, 15) is 26.7 Å². The van der Waals surface area contributed by atoms with Crippen LogP contribution in [0.3, 0.4) is 0 Å². The molecule has 0 saturated heterocycles. The van der Waals surface area contributed by atoms with Crippen molar-refractivity contribution in [2.45, 2.75) is 4.90 Å². The van der Waals surface area contributed by atoms with Gasteiger partial charge in [-0.15, -0.1) is 0 Å². The van der Waals surface area contributed by atoms with E-state index < -0.39 is 38.1 Å². The topological polar surface area (TPSA) is 66.4 Å². The van der Waals surface area contributed by atoms with Gasteiger partial charge < -0.3 is 5.11 Å². The molecule has 0 spiro atoms. The molecule has 0 saturated carbocycles. The van der Waals surface area contributed by atoms with E-state index >= 15 is 0 Å². The monoisotopic (exact) mass is 303 g/mol. The van der Waals surface area contributed by atoms with Crippen molar-refractivity contribution < 1.29 is 26.7 Å². The summed E-state index contributed by atoms with van der Waals surface area (Å²) in [4.78, 5) is -1.32. The van der Waals surface area contributed by atoms with Crippen LogP contribution in [-0.4, -0.2) is 13.5 Å². The van der Waals surface area contributed by atoms with Crippen LogP contribution in [0.2, 0.25) is 0 Å². The summed E-state index contributed by atoms with van der Waals surface area (Å²) in [5, 5.41) is 9.43. The average molecular weight is 303 g/mol. The third-order valence-corrected chi connectivity index (χ3v) is 3.80. The SMILES string of the molecule is O=S(=O)(Nc1ccccc1O)c1c(F)cc(F)cc1F. The Morgan fingerprint density at radius 1 is 1.00 bits per heavy atom. The van der Waals surface area contributed by atoms with Crippen LogP contribution in [-0.2, 0) is 10.0 Å². The number of phenols is 1. The van der Waals surface area contributed by atoms with E-state index in [1.807, 2.05) is 4.72 Å². The fraction of sp³-hybridized carbons (Fsp3) is 0. The molecule has 106 valence electrons. The maximum Gasteiger partial charge on any atom is 0.267 e. The zero-order valence-corrected chi connectivity index (χ0v) is 10.6. The lowest BCUT2D eigenvalue weighted by Gasteiger charge is -2.10. The summed E-state index contributed by atoms with van der Waals surface area (Å²) in [5.74, 6) is -4.78. The molecule has 0 aliphatic carbocycles. The molecule has 0 bridgehead atoms. The molecule has 0 fully saturated rings. The van der Waals surface area contributed by atoms with Gasteiger partial charge in [0.15, 0.2) is 4.90 Å². The van der Waals surface area contributed by atoms with E-state index in [2.05, 4.69) is 0 Å². The summed E-state index contributed by atoms with van der Waals surface area (Å²) in [5.41, 5.74) is -0.254. The molecule has 0 aliphatic rings. The summed E-state index contributed by atoms with van der Waals surface area (Å²) in [7, 11) is -4.64. The number of nitrogens with one attached hydrogen (secondary N) is 1. The van der Waals surface area contributed by atoms with Gasteiger partial charge in [-0.3, -0.25) is 4.72 Å². The van der Waals surface area contributed by atoms with E-state index in [1.165, 1.54) is 24.3 Å². The molecule has 20 heavy (non-hydrogen) atoms. The van der Waals surface area contributed by atoms with E-state index in [0.29, 0.717) is 0 Å². The second-order valence-electron chi connectivity index (χ2n) is 3.82. The molecular formula is C12H8F3NO3S. The van der Waals surface area contributed by atoms with Gasteiger partial charge in [-0.05, 0) is 12.1 Å². The summed E-state index contributed by atoms with van der Waals surface area (Å²) < 4.78 is 65.2. The van der Waals surface area contributed by atoms with Crippen LogP contribution < -0.4 is 4.72 Å². The Balaban J connectivity index is 2.50. The van der Waals surface area contributed by atoms with Crippen LogP contribution in [0.1, 0.15) is 0 Å². The van der Waals surface area contributed by atoms with Gasteiger partial charge in [0.25, 0.3) is 10.0 Å². The third-order valence-electron chi connectivity index (χ3n) is 2.38. The van der Waals surface area contributed by atoms with E-state index in [4.69, 9.17) is 0 Å². The Labute approximate surface area is 112 Å². The number of hydrogen-bond donors (Lipinski definition) is 2. The number of aromatic hydroxyl groups is 1. The molecule has 8 heteroatoms. The zero-order valence-electron chi connectivity index (χ0n) is 9.77. The minimum absolute atomic E-state index is 0.252. The van der Waals surface area contributed by atoms with Crippen LogP contribution in [0.4, 0.5) is 18.9 Å². The largest absolute Gasteiger partial charge is 0.506 e. The van der Waals surface area contributed by atoms with Crippen LogP contribution in [0.25, 0.3) is 0 Å². The number of rotatable bonds is 3. The van der Waals surface area contributed by atoms with E-state index in [-0.39, 0.29) is 17.8 Å². The molecule has 0 aliphatic heterocycles. The minimum atomic E-state index is -4.64. The molecule has 2 aromatic carbocycles. The fourth-order valence-electron chi connectivity index (χ4n) is 1.54. The Morgan fingerprint density at radius 2 is 1.55 bits per heavy atom. The number of phenolic OH excluding ortho intramolecular Hbond substituents is 1. The van der Waals surface area contributed by atoms with Crippen molar-refractivity contribution in [2.75, 3.05) is 4.72 Å². The summed E-state index contributed by atoms with van der Waals surface area (Å²) in [6, 6.07) is 5.74. The van der Waals surface area contributed by atoms with Crippen molar-refractivity contribution in [1.82, 2.24) is 0 Å². The quantitative estimate of drug-likeness (QED) is 0.857. The predicted octanol–water partition coefficient (Wildman–Crippen LogP) is 2.61. The van der Waals surface area contributed by atoms with Crippen LogP contribution >= 0.6 is 0 Å². The standard InChI is InChI=1S/C12H8F3NO3S/c13-7-5-8(14)12(9(15)6-7)20(18,19)16-10-3-1-2-4-11(10)17/h1-6,16-17H. The fourth-order valence-corrected chi connectivity index (χ4v) is 2.74. The number of benzene rings is 2. The highest BCUT2D eigenvalue weighted by Crippen LogP contribution is 2.27. The van der Waals surface area contributed by atoms with Gasteiger partial charge in [-0.1, -0.05) is 12.1 Å². The van der Waals surface area contributed by atoms with Gasteiger partial charge in [0.1, 0.15) is 23.2 Å². The maximum absolute atomic E-state index is 13.4. The molecule has 4 nitrogen and oxygen atoms in total. The first-order valence-corrected chi connectivity index (χ1v) is 6.75. The van der Waals surface area contributed by atoms with Crippen molar-refractivity contribution in [1.29, 1.82) is 0 Å². The first-order valence-electron chi connectivity index (χ1n) is 5.26. The normalized spacial score (nSPS) is 11.3. The number of hydrogen-bond acceptors (Lipinski definition) is 3. The highest BCUT2D eigenvalue weighted by atomic mass is 32.2. The molecule has 2 N–H and O–H groups in total. The lowest BCUT2D eigenvalue weighted by atomic mass is 10.3. The molecule has 2 aromatic rings. The summed E-state index contributed by atoms with van der Waals surface area (Å²) in [6.45, 7) is 0. The highest BCUT2D eigenvalue weighted by molar-refractivity contribution is 7.92. The zero-order chi connectivity index (χ0) is 14.9. The van der Waals surface area contributed by atoms with Crippen LogP contribution in [0, 0.1) is 17.5 Å². The van der Waals surface area contributed by atoms with Crippen molar-refractivity contribution in [2.24, 2.45) is 0 Å². The van der Waals surface area contributed by atoms with Crippen LogP contribution in [0.5, 0.6) is 5.75 Å². The second kappa shape index (κ2) is 5.04. The van der Waals surface area contributed by atoms with Gasteiger partial charge in [0.2, 0.25) is 0 Å². The van der Waals surface area contributed by atoms with Crippen LogP contribution in [0.15, 0.2) is 41.3 Å². The smallest absolute Gasteiger partial charge is 0.267 e. The lowest BCUT2D eigenvalue weighted by Crippen LogP contribution is -2.16. The molecule has 0 heterocycles. The minimum Gasteiger partial charge on any atom is -0.506 e. The number of halogens is 3. The molecule has 0 atom stereocenters. The first-order chi connectivity index (χ1) is 9.31. The molecular weight excluding hydrogens is 295 g/mol. The van der Waals surface area contributed by atoms with E-state index in [1.54, 1.807) is 0 Å². The second-order valence-corrected chi connectivity index (χ2v) is 5.44. The molecule has 0 unspecified atom stereocenters. The Hall–Kier alpha value is -2.22. The van der Waals surface area contributed by atoms with Gasteiger partial charge in [0, 0.05) is 12.1 Å². The predicted molar refractivity (Wildman–Crippen MR) is 65.2 cm³/mol. The van der Waals surface area contributed by atoms with Gasteiger partial charge in [-0.25, -0.2) is 21.6 Å². The Bertz CT molecular complexity index is 739. The first kappa shape index (κ1) is 14.2. The third kappa shape index (κ3) is 2.69. The number of sulfonamides is 1. The average Bonchev–Trinajstić information content (AvgIpc) is 2.30. The van der Waals surface area contributed by atoms with Crippen molar-refractivity contribution in [3.05, 3.63) is 53.8 Å². The van der Waals surface area contributed by atoms with Gasteiger partial charge >= 0.3 is 0 Å². The Morgan fingerprint density at radius 3 is 2.10 bits per heavy atom. The molecule has 0 aromatic heterocycles.